The van der Waals surface area contributed by atoms with Crippen LogP contribution in [0.4, 0.5) is 0 Å². The molecule has 1 amide bonds. The Balaban J connectivity index is 2.46. The standard InChI is InChI=1S/C11H23N3O3S/c1-2-10(8-12)18(16,17)13-9-11(15)14-6-4-3-5-7-14/h10,13H,2-9,12H2,1H3. The Morgan fingerprint density at radius 1 is 1.33 bits per heavy atom. The zero-order chi connectivity index (χ0) is 13.6. The van der Waals surface area contributed by atoms with Crippen molar-refractivity contribution in [1.29, 1.82) is 0 Å². The van der Waals surface area contributed by atoms with E-state index in [1.54, 1.807) is 11.8 Å². The molecule has 18 heavy (non-hydrogen) atoms. The Kier molecular flexibility index (Phi) is 6.04. The molecule has 1 aliphatic heterocycles. The molecule has 1 saturated heterocycles. The molecule has 1 fully saturated rings. The van der Waals surface area contributed by atoms with E-state index in [1.165, 1.54) is 0 Å². The van der Waals surface area contributed by atoms with Crippen molar-refractivity contribution in [2.45, 2.75) is 37.9 Å². The average molecular weight is 277 g/mol. The number of amides is 1. The van der Waals surface area contributed by atoms with Gasteiger partial charge in [-0.25, -0.2) is 13.1 Å². The second-order valence-electron chi connectivity index (χ2n) is 4.57. The van der Waals surface area contributed by atoms with E-state index in [0.717, 1.165) is 32.4 Å². The summed E-state index contributed by atoms with van der Waals surface area (Å²) in [6.45, 7) is 3.15. The molecule has 0 radical (unpaired) electrons. The minimum Gasteiger partial charge on any atom is -0.342 e. The van der Waals surface area contributed by atoms with Crippen molar-refractivity contribution in [2.24, 2.45) is 5.73 Å². The fourth-order valence-corrected chi connectivity index (χ4v) is 3.30. The first kappa shape index (κ1) is 15.4. The third-order valence-electron chi connectivity index (χ3n) is 3.29. The molecule has 0 aromatic carbocycles. The van der Waals surface area contributed by atoms with Gasteiger partial charge in [-0.05, 0) is 25.7 Å². The molecule has 6 nitrogen and oxygen atoms in total. The Morgan fingerprint density at radius 3 is 2.44 bits per heavy atom. The molecule has 1 unspecified atom stereocenters. The van der Waals surface area contributed by atoms with E-state index in [1.807, 2.05) is 0 Å². The van der Waals surface area contributed by atoms with E-state index in [0.29, 0.717) is 6.42 Å². The molecule has 0 aromatic heterocycles. The summed E-state index contributed by atoms with van der Waals surface area (Å²) in [5, 5.41) is -0.619. The van der Waals surface area contributed by atoms with Crippen LogP contribution in [0.25, 0.3) is 0 Å². The van der Waals surface area contributed by atoms with E-state index in [9.17, 15) is 13.2 Å². The number of nitrogens with zero attached hydrogens (tertiary/aromatic N) is 1. The molecule has 1 heterocycles. The topological polar surface area (TPSA) is 92.5 Å². The summed E-state index contributed by atoms with van der Waals surface area (Å²) in [4.78, 5) is 13.5. The maximum absolute atomic E-state index is 11.8. The Bertz CT molecular complexity index is 360. The molecule has 0 saturated carbocycles. The number of nitrogens with one attached hydrogen (secondary N) is 1. The first-order valence-electron chi connectivity index (χ1n) is 6.47. The normalized spacial score (nSPS) is 18.7. The van der Waals surface area contributed by atoms with Crippen LogP contribution in [-0.4, -0.2) is 50.7 Å². The third-order valence-corrected chi connectivity index (χ3v) is 5.24. The lowest BCUT2D eigenvalue weighted by atomic mass is 10.1. The van der Waals surface area contributed by atoms with Gasteiger partial charge in [0.25, 0.3) is 0 Å². The number of rotatable bonds is 6. The molecule has 3 N–H and O–H groups in total. The number of hydrogen-bond acceptors (Lipinski definition) is 4. The van der Waals surface area contributed by atoms with Crippen LogP contribution in [0.5, 0.6) is 0 Å². The average Bonchev–Trinajstić information content (AvgIpc) is 2.38. The fourth-order valence-electron chi connectivity index (χ4n) is 2.05. The quantitative estimate of drug-likeness (QED) is 0.694. The van der Waals surface area contributed by atoms with Crippen LogP contribution in [0, 0.1) is 0 Å². The number of hydrogen-bond donors (Lipinski definition) is 2. The highest BCUT2D eigenvalue weighted by Gasteiger charge is 2.24. The monoisotopic (exact) mass is 277 g/mol. The smallest absolute Gasteiger partial charge is 0.237 e. The number of carbonyl (C=O) groups excluding carboxylic acids is 1. The van der Waals surface area contributed by atoms with Gasteiger partial charge in [-0.15, -0.1) is 0 Å². The minimum absolute atomic E-state index is 0.0732. The van der Waals surface area contributed by atoms with E-state index in [2.05, 4.69) is 4.72 Å². The van der Waals surface area contributed by atoms with Crippen molar-refractivity contribution in [3.8, 4) is 0 Å². The highest BCUT2D eigenvalue weighted by Crippen LogP contribution is 2.08. The number of carbonyl (C=O) groups is 1. The third kappa shape index (κ3) is 4.22. The number of sulfonamides is 1. The van der Waals surface area contributed by atoms with Gasteiger partial charge in [0.2, 0.25) is 15.9 Å². The predicted molar refractivity (Wildman–Crippen MR) is 70.5 cm³/mol. The van der Waals surface area contributed by atoms with Crippen LogP contribution in [0.2, 0.25) is 0 Å². The van der Waals surface area contributed by atoms with Crippen LogP contribution >= 0.6 is 0 Å². The molecule has 1 aliphatic rings. The summed E-state index contributed by atoms with van der Waals surface area (Å²) >= 11 is 0. The lowest BCUT2D eigenvalue weighted by Gasteiger charge is -2.27. The summed E-state index contributed by atoms with van der Waals surface area (Å²) in [7, 11) is -3.48. The summed E-state index contributed by atoms with van der Waals surface area (Å²) < 4.78 is 26.0. The fraction of sp³-hybridized carbons (Fsp3) is 0.909. The van der Waals surface area contributed by atoms with Gasteiger partial charge in [-0.2, -0.15) is 0 Å². The summed E-state index contributed by atoms with van der Waals surface area (Å²) in [5.41, 5.74) is 5.40. The van der Waals surface area contributed by atoms with E-state index >= 15 is 0 Å². The Morgan fingerprint density at radius 2 is 1.94 bits per heavy atom. The maximum atomic E-state index is 11.8. The van der Waals surface area contributed by atoms with Crippen molar-refractivity contribution in [1.82, 2.24) is 9.62 Å². The summed E-state index contributed by atoms with van der Waals surface area (Å²) in [6, 6.07) is 0. The van der Waals surface area contributed by atoms with Gasteiger partial charge >= 0.3 is 0 Å². The van der Waals surface area contributed by atoms with Gasteiger partial charge < -0.3 is 10.6 Å². The first-order valence-corrected chi connectivity index (χ1v) is 8.02. The van der Waals surface area contributed by atoms with Gasteiger partial charge in [0.1, 0.15) is 0 Å². The molecule has 0 bridgehead atoms. The van der Waals surface area contributed by atoms with E-state index < -0.39 is 15.3 Å². The zero-order valence-corrected chi connectivity index (χ0v) is 11.7. The van der Waals surface area contributed by atoms with Crippen LogP contribution < -0.4 is 10.5 Å². The van der Waals surface area contributed by atoms with Crippen molar-refractivity contribution in [3.05, 3.63) is 0 Å². The summed E-state index contributed by atoms with van der Waals surface area (Å²) in [5.74, 6) is -0.148. The first-order chi connectivity index (χ1) is 8.51. The molecule has 7 heteroatoms. The maximum Gasteiger partial charge on any atom is 0.237 e. The summed E-state index contributed by atoms with van der Waals surface area (Å²) in [6.07, 6.45) is 3.59. The zero-order valence-electron chi connectivity index (χ0n) is 10.9. The largest absolute Gasteiger partial charge is 0.342 e. The van der Waals surface area contributed by atoms with Crippen molar-refractivity contribution in [3.63, 3.8) is 0 Å². The van der Waals surface area contributed by atoms with Crippen molar-refractivity contribution >= 4 is 15.9 Å². The number of piperidine rings is 1. The van der Waals surface area contributed by atoms with Crippen molar-refractivity contribution in [2.75, 3.05) is 26.2 Å². The lowest BCUT2D eigenvalue weighted by molar-refractivity contribution is -0.130. The van der Waals surface area contributed by atoms with Gasteiger partial charge in [0.05, 0.1) is 11.8 Å². The van der Waals surface area contributed by atoms with Gasteiger partial charge in [0.15, 0.2) is 0 Å². The molecule has 0 spiro atoms. The van der Waals surface area contributed by atoms with E-state index in [-0.39, 0.29) is 19.0 Å². The molecule has 106 valence electrons. The second-order valence-corrected chi connectivity index (χ2v) is 6.62. The Hall–Kier alpha value is -0.660. The predicted octanol–water partition coefficient (Wildman–Crippen LogP) is -0.344. The number of nitrogens with two attached hydrogens (primary N) is 1. The molecule has 0 aliphatic carbocycles. The van der Waals surface area contributed by atoms with Crippen LogP contribution in [0.1, 0.15) is 32.6 Å². The van der Waals surface area contributed by atoms with Gasteiger partial charge in [0, 0.05) is 19.6 Å². The number of likely N-dealkylation sites (tertiary alicyclic amines) is 1. The van der Waals surface area contributed by atoms with Crippen molar-refractivity contribution < 1.29 is 13.2 Å². The highest BCUT2D eigenvalue weighted by atomic mass is 32.2. The molecular weight excluding hydrogens is 254 g/mol. The van der Waals surface area contributed by atoms with Gasteiger partial charge in [-0.1, -0.05) is 6.92 Å². The Labute approximate surface area is 109 Å². The van der Waals surface area contributed by atoms with E-state index in [4.69, 9.17) is 5.73 Å². The molecule has 1 rings (SSSR count). The highest BCUT2D eigenvalue weighted by molar-refractivity contribution is 7.90. The van der Waals surface area contributed by atoms with Crippen LogP contribution in [0.15, 0.2) is 0 Å². The molecular formula is C11H23N3O3S. The minimum atomic E-state index is -3.48. The molecule has 0 aromatic rings. The lowest BCUT2D eigenvalue weighted by Crippen LogP contribution is -2.45. The molecule has 1 atom stereocenters. The van der Waals surface area contributed by atoms with Crippen LogP contribution in [0.3, 0.4) is 0 Å². The van der Waals surface area contributed by atoms with Crippen LogP contribution in [-0.2, 0) is 14.8 Å². The SMILES string of the molecule is CCC(CN)S(=O)(=O)NCC(=O)N1CCCCC1. The van der Waals surface area contributed by atoms with Gasteiger partial charge in [-0.3, -0.25) is 4.79 Å². The second kappa shape index (κ2) is 7.06.